The Morgan fingerprint density at radius 2 is 2.13 bits per heavy atom. The highest BCUT2D eigenvalue weighted by Gasteiger charge is 2.11. The van der Waals surface area contributed by atoms with E-state index >= 15 is 0 Å². The Morgan fingerprint density at radius 3 is 2.40 bits per heavy atom. The van der Waals surface area contributed by atoms with Crippen LogP contribution in [0.25, 0.3) is 0 Å². The molecule has 3 nitrogen and oxygen atoms in total. The lowest BCUT2D eigenvalue weighted by molar-refractivity contribution is 0.0726. The van der Waals surface area contributed by atoms with Gasteiger partial charge in [-0.3, -0.25) is 0 Å². The van der Waals surface area contributed by atoms with Gasteiger partial charge in [-0.15, -0.1) is 0 Å². The van der Waals surface area contributed by atoms with Gasteiger partial charge >= 0.3 is 0 Å². The molecule has 0 saturated heterocycles. The maximum Gasteiger partial charge on any atom is 0.230 e. The maximum atomic E-state index is 5.09. The summed E-state index contributed by atoms with van der Waals surface area (Å²) in [6, 6.07) is 0. The second-order valence-electron chi connectivity index (χ2n) is 2.96. The lowest BCUT2D eigenvalue weighted by Gasteiger charge is -1.94. The van der Waals surface area contributed by atoms with Crippen LogP contribution < -0.4 is 5.32 Å². The van der Waals surface area contributed by atoms with E-state index in [-0.39, 0.29) is 0 Å². The molecule has 0 bridgehead atoms. The molecular weight excluding hydrogens is 190 g/mol. The van der Waals surface area contributed by atoms with Gasteiger partial charge in [0.15, 0.2) is 5.76 Å². The number of ether oxygens (including phenoxy) is 2. The second-order valence-corrected chi connectivity index (χ2v) is 2.96. The molecule has 1 aliphatic rings. The minimum absolute atomic E-state index is 0.352. The summed E-state index contributed by atoms with van der Waals surface area (Å²) in [5.74, 6) is 1.70. The lowest BCUT2D eigenvalue weighted by atomic mass is 10.3. The van der Waals surface area contributed by atoms with Gasteiger partial charge in [0.2, 0.25) is 6.79 Å². The summed E-state index contributed by atoms with van der Waals surface area (Å²) >= 11 is 0. The molecule has 0 amide bonds. The summed E-state index contributed by atoms with van der Waals surface area (Å²) in [4.78, 5) is 0. The van der Waals surface area contributed by atoms with Crippen LogP contribution in [0, 0.1) is 0 Å². The van der Waals surface area contributed by atoms with E-state index in [1.165, 1.54) is 0 Å². The van der Waals surface area contributed by atoms with Gasteiger partial charge in [-0.05, 0) is 12.5 Å². The van der Waals surface area contributed by atoms with Crippen molar-refractivity contribution in [3.63, 3.8) is 0 Å². The van der Waals surface area contributed by atoms with Crippen LogP contribution in [0.15, 0.2) is 36.4 Å². The topological polar surface area (TPSA) is 30.5 Å². The lowest BCUT2D eigenvalue weighted by Crippen LogP contribution is -2.01. The minimum atomic E-state index is 0.352. The number of hydrogen-bond donors (Lipinski definition) is 1. The van der Waals surface area contributed by atoms with Crippen molar-refractivity contribution in [1.29, 1.82) is 0 Å². The van der Waals surface area contributed by atoms with Gasteiger partial charge in [0.1, 0.15) is 5.76 Å². The first-order valence-electron chi connectivity index (χ1n) is 5.16. The van der Waals surface area contributed by atoms with E-state index < -0.39 is 0 Å². The molecule has 0 aromatic carbocycles. The van der Waals surface area contributed by atoms with Crippen LogP contribution in [0.2, 0.25) is 0 Å². The molecule has 0 aromatic heterocycles. The molecule has 0 spiro atoms. The van der Waals surface area contributed by atoms with Crippen molar-refractivity contribution >= 4 is 0 Å². The average molecular weight is 211 g/mol. The van der Waals surface area contributed by atoms with Crippen LogP contribution in [0.3, 0.4) is 0 Å². The molecule has 1 heterocycles. The van der Waals surface area contributed by atoms with Crippen LogP contribution in [-0.4, -0.2) is 13.8 Å². The third kappa shape index (κ3) is 5.15. The zero-order valence-corrected chi connectivity index (χ0v) is 9.93. The highest BCUT2D eigenvalue weighted by molar-refractivity contribution is 5.15. The van der Waals surface area contributed by atoms with E-state index in [9.17, 15) is 0 Å². The first kappa shape index (κ1) is 13.6. The van der Waals surface area contributed by atoms with E-state index in [4.69, 9.17) is 9.47 Å². The van der Waals surface area contributed by atoms with Crippen molar-refractivity contribution in [3.8, 4) is 0 Å². The van der Waals surface area contributed by atoms with Crippen LogP contribution >= 0.6 is 0 Å². The molecule has 0 radical (unpaired) electrons. The normalized spacial score (nSPS) is 13.3. The zero-order valence-electron chi connectivity index (χ0n) is 9.93. The van der Waals surface area contributed by atoms with Gasteiger partial charge in [-0.25, -0.2) is 0 Å². The molecule has 1 N–H and O–H groups in total. The van der Waals surface area contributed by atoms with E-state index in [0.29, 0.717) is 6.79 Å². The second kappa shape index (κ2) is 7.97. The van der Waals surface area contributed by atoms with Crippen LogP contribution in [0.1, 0.15) is 26.7 Å². The Labute approximate surface area is 92.5 Å². The molecule has 0 aliphatic carbocycles. The van der Waals surface area contributed by atoms with Gasteiger partial charge in [-0.1, -0.05) is 27.0 Å². The quantitative estimate of drug-likeness (QED) is 0.775. The molecule has 1 rings (SSSR count). The standard InChI is InChI=1S/C7H10O2.C5H11N/c1-3-6-7(4-2)9-5-8-6;1-4-5(2)6-3/h3H,1,4-5H2,2H3;6H,2,4H2,1,3H3. The molecule has 0 atom stereocenters. The predicted molar refractivity (Wildman–Crippen MR) is 63.0 cm³/mol. The maximum absolute atomic E-state index is 5.09. The van der Waals surface area contributed by atoms with Crippen molar-refractivity contribution in [2.45, 2.75) is 26.7 Å². The monoisotopic (exact) mass is 211 g/mol. The number of allylic oxidation sites excluding steroid dienone is 3. The molecular formula is C12H21NO2. The number of hydrogen-bond acceptors (Lipinski definition) is 3. The van der Waals surface area contributed by atoms with Crippen molar-refractivity contribution in [3.05, 3.63) is 36.4 Å². The van der Waals surface area contributed by atoms with Crippen LogP contribution in [0.5, 0.6) is 0 Å². The third-order valence-electron chi connectivity index (χ3n) is 2.01. The fourth-order valence-corrected chi connectivity index (χ4v) is 0.942. The first-order chi connectivity index (χ1) is 7.19. The summed E-state index contributed by atoms with van der Waals surface area (Å²) < 4.78 is 10.1. The summed E-state index contributed by atoms with van der Waals surface area (Å²) in [6.07, 6.45) is 3.57. The van der Waals surface area contributed by atoms with Gasteiger partial charge < -0.3 is 14.8 Å². The highest BCUT2D eigenvalue weighted by Crippen LogP contribution is 2.18. The Hall–Kier alpha value is -1.38. The number of nitrogens with one attached hydrogen (secondary N) is 1. The summed E-state index contributed by atoms with van der Waals surface area (Å²) in [5.41, 5.74) is 1.09. The van der Waals surface area contributed by atoms with E-state index in [0.717, 1.165) is 30.1 Å². The number of rotatable bonds is 4. The van der Waals surface area contributed by atoms with Crippen LogP contribution in [-0.2, 0) is 9.47 Å². The Balaban J connectivity index is 0.000000288. The van der Waals surface area contributed by atoms with Gasteiger partial charge in [0.25, 0.3) is 0 Å². The smallest absolute Gasteiger partial charge is 0.230 e. The average Bonchev–Trinajstić information content (AvgIpc) is 2.75. The Morgan fingerprint density at radius 1 is 1.47 bits per heavy atom. The van der Waals surface area contributed by atoms with Crippen LogP contribution in [0.4, 0.5) is 0 Å². The first-order valence-corrected chi connectivity index (χ1v) is 5.16. The molecule has 0 fully saturated rings. The Kier molecular flexibility index (Phi) is 7.24. The van der Waals surface area contributed by atoms with Crippen molar-refractivity contribution in [2.24, 2.45) is 0 Å². The van der Waals surface area contributed by atoms with Gasteiger partial charge in [0, 0.05) is 19.2 Å². The van der Waals surface area contributed by atoms with Gasteiger partial charge in [0.05, 0.1) is 0 Å². The summed E-state index contributed by atoms with van der Waals surface area (Å²) in [7, 11) is 1.88. The van der Waals surface area contributed by atoms with E-state index in [2.05, 4.69) is 25.4 Å². The predicted octanol–water partition coefficient (Wildman–Crippen LogP) is 2.93. The SMILES string of the molecule is C=C(CC)NC.C=CC1=C(CC)OCO1. The minimum Gasteiger partial charge on any atom is -0.458 e. The Bertz CT molecular complexity index is 238. The fourth-order valence-electron chi connectivity index (χ4n) is 0.942. The van der Waals surface area contributed by atoms with Crippen molar-refractivity contribution in [2.75, 3.05) is 13.8 Å². The fraction of sp³-hybridized carbons (Fsp3) is 0.500. The molecule has 0 unspecified atom stereocenters. The van der Waals surface area contributed by atoms with E-state index in [1.54, 1.807) is 6.08 Å². The van der Waals surface area contributed by atoms with Gasteiger partial charge in [-0.2, -0.15) is 0 Å². The highest BCUT2D eigenvalue weighted by atomic mass is 16.7. The summed E-state index contributed by atoms with van der Waals surface area (Å²) in [5, 5.41) is 2.92. The van der Waals surface area contributed by atoms with Crippen molar-refractivity contribution < 1.29 is 9.47 Å². The molecule has 86 valence electrons. The molecule has 1 aliphatic heterocycles. The van der Waals surface area contributed by atoms with Crippen molar-refractivity contribution in [1.82, 2.24) is 5.32 Å². The molecule has 3 heteroatoms. The zero-order chi connectivity index (χ0) is 11.7. The molecule has 0 aromatic rings. The summed E-state index contributed by atoms with van der Waals surface area (Å²) in [6.45, 7) is 11.7. The largest absolute Gasteiger partial charge is 0.458 e. The third-order valence-corrected chi connectivity index (χ3v) is 2.01. The van der Waals surface area contributed by atoms with E-state index in [1.807, 2.05) is 14.0 Å². The molecule has 0 saturated carbocycles. The molecule has 15 heavy (non-hydrogen) atoms.